The van der Waals surface area contributed by atoms with E-state index in [1.165, 1.54) is 6.20 Å². The van der Waals surface area contributed by atoms with Gasteiger partial charge in [-0.05, 0) is 36.4 Å². The van der Waals surface area contributed by atoms with Gasteiger partial charge in [0, 0.05) is 6.20 Å². The van der Waals surface area contributed by atoms with Crippen molar-refractivity contribution in [1.82, 2.24) is 20.6 Å². The maximum Gasteiger partial charge on any atom is 0.276 e. The molecule has 0 aliphatic heterocycles. The van der Waals surface area contributed by atoms with E-state index in [1.807, 2.05) is 36.4 Å². The average Bonchev–Trinajstić information content (AvgIpc) is 3.22. The molecule has 2 aromatic carbocycles. The minimum atomic E-state index is -0.525. The molecule has 2 N–H and O–H groups in total. The van der Waals surface area contributed by atoms with Gasteiger partial charge in [0.15, 0.2) is 6.61 Å². The summed E-state index contributed by atoms with van der Waals surface area (Å²) in [6.07, 6.45) is 2.96. The number of carbonyl (C=O) groups is 2. The number of hydrogen-bond donors (Lipinski definition) is 2. The molecular formula is C19H15N5O3. The first-order valence-electron chi connectivity index (χ1n) is 7.98. The molecule has 0 radical (unpaired) electrons. The standard InChI is InChI=1S/C19H15N5O3/c20-10-14-6-8-17(9-7-14)27-13-18(25)22-23-19(26)15-11-21-24(12-15)16-4-2-1-3-5-16/h1-9,11-12H,13H2,(H,22,25)(H,23,26). The predicted molar refractivity (Wildman–Crippen MR) is 95.8 cm³/mol. The molecule has 8 heteroatoms. The molecule has 8 nitrogen and oxygen atoms in total. The molecule has 0 bridgehead atoms. The zero-order valence-electron chi connectivity index (χ0n) is 14.1. The van der Waals surface area contributed by atoms with Crippen LogP contribution in [0.5, 0.6) is 5.75 Å². The van der Waals surface area contributed by atoms with Crippen molar-refractivity contribution in [2.75, 3.05) is 6.61 Å². The Morgan fingerprint density at radius 3 is 2.52 bits per heavy atom. The minimum Gasteiger partial charge on any atom is -0.484 e. The van der Waals surface area contributed by atoms with E-state index in [0.29, 0.717) is 16.9 Å². The molecule has 0 fully saturated rings. The largest absolute Gasteiger partial charge is 0.484 e. The van der Waals surface area contributed by atoms with Gasteiger partial charge in [0.1, 0.15) is 5.75 Å². The fourth-order valence-electron chi connectivity index (χ4n) is 2.17. The molecule has 3 rings (SSSR count). The number of nitrogens with one attached hydrogen (secondary N) is 2. The number of ether oxygens (including phenoxy) is 1. The van der Waals surface area contributed by atoms with Gasteiger partial charge in [-0.1, -0.05) is 18.2 Å². The Hall–Kier alpha value is -4.12. The second-order valence-corrected chi connectivity index (χ2v) is 5.44. The average molecular weight is 361 g/mol. The lowest BCUT2D eigenvalue weighted by Crippen LogP contribution is -2.43. The van der Waals surface area contributed by atoms with Gasteiger partial charge in [-0.25, -0.2) is 4.68 Å². The van der Waals surface area contributed by atoms with Crippen LogP contribution >= 0.6 is 0 Å². The first-order valence-corrected chi connectivity index (χ1v) is 7.98. The van der Waals surface area contributed by atoms with Gasteiger partial charge in [0.2, 0.25) is 0 Å². The van der Waals surface area contributed by atoms with Crippen LogP contribution in [-0.4, -0.2) is 28.2 Å². The van der Waals surface area contributed by atoms with Crippen LogP contribution in [0.25, 0.3) is 5.69 Å². The molecule has 3 aromatic rings. The number of para-hydroxylation sites is 1. The fourth-order valence-corrected chi connectivity index (χ4v) is 2.17. The molecule has 0 aliphatic rings. The van der Waals surface area contributed by atoms with Gasteiger partial charge in [-0.2, -0.15) is 10.4 Å². The van der Waals surface area contributed by atoms with E-state index >= 15 is 0 Å². The third kappa shape index (κ3) is 4.70. The van der Waals surface area contributed by atoms with Crippen LogP contribution in [0.2, 0.25) is 0 Å². The maximum atomic E-state index is 12.1. The zero-order chi connectivity index (χ0) is 19.1. The number of hydrogen-bond acceptors (Lipinski definition) is 5. The Bertz CT molecular complexity index is 975. The van der Waals surface area contributed by atoms with Crippen molar-refractivity contribution in [2.24, 2.45) is 0 Å². The summed E-state index contributed by atoms with van der Waals surface area (Å²) >= 11 is 0. The number of aromatic nitrogens is 2. The summed E-state index contributed by atoms with van der Waals surface area (Å²) in [4.78, 5) is 23.9. The van der Waals surface area contributed by atoms with Crippen molar-refractivity contribution >= 4 is 11.8 Å². The van der Waals surface area contributed by atoms with E-state index in [2.05, 4.69) is 16.0 Å². The van der Waals surface area contributed by atoms with Crippen LogP contribution in [0.3, 0.4) is 0 Å². The van der Waals surface area contributed by atoms with E-state index in [0.717, 1.165) is 5.69 Å². The third-order valence-electron chi connectivity index (χ3n) is 3.53. The van der Waals surface area contributed by atoms with Crippen LogP contribution in [0, 0.1) is 11.3 Å². The van der Waals surface area contributed by atoms with Crippen molar-refractivity contribution in [1.29, 1.82) is 5.26 Å². The second-order valence-electron chi connectivity index (χ2n) is 5.44. The Morgan fingerprint density at radius 1 is 1.07 bits per heavy atom. The van der Waals surface area contributed by atoms with Crippen molar-refractivity contribution in [3.63, 3.8) is 0 Å². The summed E-state index contributed by atoms with van der Waals surface area (Å²) in [6.45, 7) is -0.282. The van der Waals surface area contributed by atoms with Gasteiger partial charge in [-0.15, -0.1) is 0 Å². The molecule has 134 valence electrons. The van der Waals surface area contributed by atoms with E-state index in [4.69, 9.17) is 10.00 Å². The van der Waals surface area contributed by atoms with Crippen LogP contribution < -0.4 is 15.6 Å². The SMILES string of the molecule is N#Cc1ccc(OCC(=O)NNC(=O)c2cnn(-c3ccccc3)c2)cc1. The first-order chi connectivity index (χ1) is 13.2. The van der Waals surface area contributed by atoms with Gasteiger partial charge < -0.3 is 4.74 Å². The molecule has 27 heavy (non-hydrogen) atoms. The first kappa shape index (κ1) is 17.7. The number of carbonyl (C=O) groups excluding carboxylic acids is 2. The van der Waals surface area contributed by atoms with Crippen molar-refractivity contribution in [2.45, 2.75) is 0 Å². The highest BCUT2D eigenvalue weighted by atomic mass is 16.5. The molecule has 0 spiro atoms. The monoisotopic (exact) mass is 361 g/mol. The number of hydrazine groups is 1. The molecule has 0 unspecified atom stereocenters. The highest BCUT2D eigenvalue weighted by molar-refractivity contribution is 5.95. The number of nitriles is 1. The topological polar surface area (TPSA) is 109 Å². The number of amides is 2. The van der Waals surface area contributed by atoms with Gasteiger partial charge in [-0.3, -0.25) is 20.4 Å². The smallest absolute Gasteiger partial charge is 0.276 e. The Balaban J connectivity index is 1.48. The molecule has 0 aliphatic carbocycles. The minimum absolute atomic E-state index is 0.282. The van der Waals surface area contributed by atoms with Crippen LogP contribution in [-0.2, 0) is 4.79 Å². The van der Waals surface area contributed by atoms with Crippen LogP contribution in [0.4, 0.5) is 0 Å². The van der Waals surface area contributed by atoms with Gasteiger partial charge in [0.25, 0.3) is 11.8 Å². The molecular weight excluding hydrogens is 346 g/mol. The molecule has 1 heterocycles. The normalized spacial score (nSPS) is 9.89. The van der Waals surface area contributed by atoms with E-state index in [9.17, 15) is 9.59 Å². The van der Waals surface area contributed by atoms with Gasteiger partial charge >= 0.3 is 0 Å². The highest BCUT2D eigenvalue weighted by Gasteiger charge is 2.11. The fraction of sp³-hybridized carbons (Fsp3) is 0.0526. The quantitative estimate of drug-likeness (QED) is 0.671. The van der Waals surface area contributed by atoms with Crippen molar-refractivity contribution in [3.05, 3.63) is 78.1 Å². The number of rotatable bonds is 5. The lowest BCUT2D eigenvalue weighted by atomic mass is 10.2. The molecule has 1 aromatic heterocycles. The van der Waals surface area contributed by atoms with Crippen LogP contribution in [0.15, 0.2) is 67.0 Å². The Morgan fingerprint density at radius 2 is 1.81 bits per heavy atom. The van der Waals surface area contributed by atoms with Gasteiger partial charge in [0.05, 0.1) is 29.1 Å². The Kier molecular flexibility index (Phi) is 5.45. The predicted octanol–water partition coefficient (Wildman–Crippen LogP) is 1.58. The number of nitrogens with zero attached hydrogens (tertiary/aromatic N) is 3. The third-order valence-corrected chi connectivity index (χ3v) is 3.53. The highest BCUT2D eigenvalue weighted by Crippen LogP contribution is 2.11. The van der Waals surface area contributed by atoms with Crippen LogP contribution in [0.1, 0.15) is 15.9 Å². The maximum absolute atomic E-state index is 12.1. The summed E-state index contributed by atoms with van der Waals surface area (Å²) in [7, 11) is 0. The number of benzene rings is 2. The zero-order valence-corrected chi connectivity index (χ0v) is 14.1. The summed E-state index contributed by atoms with van der Waals surface area (Å²) in [5.74, 6) is -0.577. The second kappa shape index (κ2) is 8.31. The van der Waals surface area contributed by atoms with E-state index < -0.39 is 11.8 Å². The summed E-state index contributed by atoms with van der Waals surface area (Å²) in [5.41, 5.74) is 6.18. The van der Waals surface area contributed by atoms with E-state index in [-0.39, 0.29) is 6.61 Å². The molecule has 2 amide bonds. The molecule has 0 saturated carbocycles. The summed E-state index contributed by atoms with van der Waals surface area (Å²) in [5, 5.41) is 12.8. The van der Waals surface area contributed by atoms with Crippen molar-refractivity contribution in [3.8, 4) is 17.5 Å². The lowest BCUT2D eigenvalue weighted by molar-refractivity contribution is -0.123. The van der Waals surface area contributed by atoms with E-state index in [1.54, 1.807) is 35.1 Å². The molecule has 0 atom stereocenters. The summed E-state index contributed by atoms with van der Waals surface area (Å²) in [6, 6.07) is 17.7. The molecule has 0 saturated heterocycles. The van der Waals surface area contributed by atoms with Crippen molar-refractivity contribution < 1.29 is 14.3 Å². The Labute approximate surface area is 155 Å². The lowest BCUT2D eigenvalue weighted by Gasteiger charge is -2.08. The summed E-state index contributed by atoms with van der Waals surface area (Å²) < 4.78 is 6.84.